The molecule has 52 nitrogen and oxygen atoms in total. The maximum atomic E-state index is 12.4. The molecule has 0 bridgehead atoms. The molecular weight excluding hydrogens is 1700 g/mol. The quantitative estimate of drug-likeness (QED) is 0.0346. The van der Waals surface area contributed by atoms with Crippen molar-refractivity contribution in [3.05, 3.63) is 0 Å². The van der Waals surface area contributed by atoms with Gasteiger partial charge in [0, 0.05) is 19.3 Å². The van der Waals surface area contributed by atoms with E-state index in [0.717, 1.165) is 0 Å². The van der Waals surface area contributed by atoms with Crippen LogP contribution in [-0.2, 0) is 109 Å². The van der Waals surface area contributed by atoms with Gasteiger partial charge in [0.25, 0.3) is 0 Å². The molecule has 0 radical (unpaired) electrons. The van der Waals surface area contributed by atoms with E-state index in [2.05, 4.69) is 0 Å². The lowest BCUT2D eigenvalue weighted by atomic mass is 9.95. The van der Waals surface area contributed by atoms with Crippen LogP contribution in [0.4, 0.5) is 0 Å². The normalized spacial score (nSPS) is 55.0. The highest BCUT2D eigenvalue weighted by Crippen LogP contribution is 2.43. The van der Waals surface area contributed by atoms with E-state index < -0.39 is 396 Å². The fraction of sp³-hybridized carbons (Fsp3) is 1.00. The summed E-state index contributed by atoms with van der Waals surface area (Å²) in [6.07, 6.45) is -109. The first-order valence-corrected chi connectivity index (χ1v) is 41.0. The highest BCUT2D eigenvalue weighted by molar-refractivity contribution is 5.04. The Bertz CT molecular complexity index is 3230. The number of aliphatic hydroxyl groups excluding tert-OH is 29. The number of hydrogen-bond acceptors (Lipinski definition) is 52. The van der Waals surface area contributed by atoms with Gasteiger partial charge in [-0.2, -0.15) is 0 Å². The van der Waals surface area contributed by atoms with Gasteiger partial charge >= 0.3 is 0 Å². The zero-order valence-corrected chi connectivity index (χ0v) is 67.6. The van der Waals surface area contributed by atoms with E-state index in [9.17, 15) is 148 Å². The smallest absolute Gasteiger partial charge is 0.187 e. The Kier molecular flexibility index (Phi) is 35.1. The third kappa shape index (κ3) is 21.3. The van der Waals surface area contributed by atoms with Crippen molar-refractivity contribution in [3.63, 3.8) is 0 Å². The van der Waals surface area contributed by atoms with Crippen molar-refractivity contribution < 1.29 is 257 Å². The Morgan fingerprint density at radius 2 is 0.379 bits per heavy atom. The van der Waals surface area contributed by atoms with Crippen molar-refractivity contribution in [1.29, 1.82) is 0 Å². The molecule has 12 rings (SSSR count). The predicted molar refractivity (Wildman–Crippen MR) is 382 cm³/mol. The minimum atomic E-state index is -2.42. The summed E-state index contributed by atoms with van der Waals surface area (Å²) >= 11 is 0. The molecule has 0 aromatic carbocycles. The van der Waals surface area contributed by atoms with E-state index in [1.165, 1.54) is 41.5 Å². The first kappa shape index (κ1) is 101. The summed E-state index contributed by atoms with van der Waals surface area (Å²) in [6, 6.07) is 0. The van der Waals surface area contributed by atoms with Crippen LogP contribution in [0.2, 0.25) is 0 Å². The third-order valence-corrected chi connectivity index (χ3v) is 24.5. The van der Waals surface area contributed by atoms with E-state index in [0.29, 0.717) is 0 Å². The molecule has 57 atom stereocenters. The molecular formula is C72H122O52. The summed E-state index contributed by atoms with van der Waals surface area (Å²) in [5, 5.41) is 325. The summed E-state index contributed by atoms with van der Waals surface area (Å²) in [5.41, 5.74) is 0. The topological polar surface area (TPSA) is 799 Å². The van der Waals surface area contributed by atoms with E-state index in [1.54, 1.807) is 0 Å². The summed E-state index contributed by atoms with van der Waals surface area (Å²) in [5.74, 6) is 0. The molecule has 12 aliphatic heterocycles. The number of ether oxygens (including phenoxy) is 23. The zero-order valence-electron chi connectivity index (χ0n) is 67.6. The van der Waals surface area contributed by atoms with Crippen molar-refractivity contribution in [1.82, 2.24) is 0 Å². The summed E-state index contributed by atoms with van der Waals surface area (Å²) in [7, 11) is 0. The SMILES string of the molecule is C[C@@H]1O[C@@H](O)[C@H](O)[C@H](O)[C@H]1O[C@H]1O[C@H](CO)[C@@H](O)[C@H](O[C@H]2O[C@H](C)[C@@H](O)C[C@@H]2O)[C@@H]1O[C@H]1O[C@H](CO)[C@H](O)[C@H](O[C@@H]2O[C@@H](C)[C@H](O[C@H]3O[C@H](CO)[C@@H](O)[C@H](O[C@H]4O[C@H](C)[C@@H](O)C[C@@H]4O)[C@@H]3O[C@H]3O[C@H](CO)[C@H](O)[C@H](O[C@@H]4O[C@@H](C)[C@H](O[C@H]5O[C@H](CO)[C@@H](O)[C@H](O[C@H]6O[C@H](C)[C@@H](O)C[C@@H]6O)[C@@H]5O[C@H]5O[C@H](CO)[C@H](O)[C@H](O)[C@H]5O)[C@@H](O)[C@H]4O)[C@H]3O)[C@@H](O)[C@H]2O)[C@H]1O. The molecule has 12 heterocycles. The van der Waals surface area contributed by atoms with Gasteiger partial charge in [0.15, 0.2) is 75.5 Å². The maximum absolute atomic E-state index is 12.4. The minimum absolute atomic E-state index is 0.328. The molecule has 0 amide bonds. The molecule has 0 aromatic heterocycles. The Morgan fingerprint density at radius 1 is 0.169 bits per heavy atom. The molecule has 0 aliphatic carbocycles. The second-order valence-corrected chi connectivity index (χ2v) is 33.2. The molecule has 0 aromatic rings. The van der Waals surface area contributed by atoms with E-state index in [1.807, 2.05) is 0 Å². The maximum Gasteiger partial charge on any atom is 0.187 e. The standard InChI is InChI=1S/C72H122O52/c1-16-22(79)7-25(82)62(103-16)119-55-37(88)31(13-76)111-70(58(55)122-67-45(96)40(91)34(85)28(10-73)108-67)115-51-20(5)106-65(46(97)42(51)93)118-54-36(87)30(12-75)110-69(49(54)100)124-60-57(121-64-27(84)9-24(81)18(3)105-64)39(90)33(15-78)113-72(60)116-52-21(6)107-66(47(98)43(52)94)117-53-35(86)29(11-74)109-68(48(53)99)123-59-56(120-63-26(83)8-23(80)17(2)104-63)38(89)32(14-77)112-71(59)114-50-19(4)102-61(101)44(95)41(50)92/h16-101H,7-15H2,1-6H3/t16-,17-,18-,19+,20+,21+,22+,23+,24+,25+,26+,27+,28-,29-,30-,31-,32-,33-,34+,35+,36+,37-,38-,39-,40+,41+,42+,43+,44-,45-,46-,47-,48-,49-,50+,51+,52+,53+,54+,55+,56+,57+,58+,59+,60+,61-,62-,63-,64-,65+,66+,67-,68-,69-,70-,71-,72-/m1/s1. The van der Waals surface area contributed by atoms with Crippen LogP contribution in [0.25, 0.3) is 0 Å². The van der Waals surface area contributed by atoms with Crippen LogP contribution in [0.3, 0.4) is 0 Å². The molecule has 0 unspecified atom stereocenters. The molecule has 0 spiro atoms. The van der Waals surface area contributed by atoms with Crippen molar-refractivity contribution in [2.75, 3.05) is 39.6 Å². The Morgan fingerprint density at radius 3 is 0.677 bits per heavy atom. The zero-order chi connectivity index (χ0) is 90.5. The molecule has 124 heavy (non-hydrogen) atoms. The van der Waals surface area contributed by atoms with Crippen molar-refractivity contribution in [2.45, 2.75) is 411 Å². The Balaban J connectivity index is 0.780. The van der Waals surface area contributed by atoms with Gasteiger partial charge in [0.2, 0.25) is 0 Å². The van der Waals surface area contributed by atoms with Gasteiger partial charge in [-0.15, -0.1) is 0 Å². The second kappa shape index (κ2) is 43.1. The molecule has 0 saturated carbocycles. The summed E-state index contributed by atoms with van der Waals surface area (Å²) in [6.45, 7) is 1.64. The van der Waals surface area contributed by atoms with Crippen LogP contribution < -0.4 is 0 Å². The molecule has 722 valence electrons. The second-order valence-electron chi connectivity index (χ2n) is 33.2. The summed E-state index contributed by atoms with van der Waals surface area (Å²) < 4.78 is 138. The van der Waals surface area contributed by atoms with E-state index in [-0.39, 0.29) is 12.8 Å². The largest absolute Gasteiger partial charge is 0.394 e. The average molecular weight is 1820 g/mol. The van der Waals surface area contributed by atoms with Crippen LogP contribution in [-0.4, -0.2) is 538 Å². The predicted octanol–water partition coefficient (Wildman–Crippen LogP) is -17.9. The fourth-order valence-electron chi connectivity index (χ4n) is 16.9. The van der Waals surface area contributed by atoms with Gasteiger partial charge < -0.3 is 257 Å². The molecule has 52 heteroatoms. The molecule has 12 saturated heterocycles. The van der Waals surface area contributed by atoms with Gasteiger partial charge in [-0.25, -0.2) is 0 Å². The van der Waals surface area contributed by atoms with Crippen LogP contribution in [0.15, 0.2) is 0 Å². The monoisotopic (exact) mass is 1820 g/mol. The lowest BCUT2D eigenvalue weighted by Crippen LogP contribution is -2.69. The van der Waals surface area contributed by atoms with Gasteiger partial charge in [-0.1, -0.05) is 0 Å². The minimum Gasteiger partial charge on any atom is -0.394 e. The van der Waals surface area contributed by atoms with Crippen LogP contribution in [0.1, 0.15) is 60.8 Å². The summed E-state index contributed by atoms with van der Waals surface area (Å²) in [4.78, 5) is 0. The van der Waals surface area contributed by atoms with Crippen molar-refractivity contribution in [2.24, 2.45) is 0 Å². The lowest BCUT2D eigenvalue weighted by Gasteiger charge is -2.51. The van der Waals surface area contributed by atoms with Crippen molar-refractivity contribution >= 4 is 0 Å². The fourth-order valence-corrected chi connectivity index (χ4v) is 16.9. The lowest BCUT2D eigenvalue weighted by molar-refractivity contribution is -0.416. The number of hydrogen-bond donors (Lipinski definition) is 29. The van der Waals surface area contributed by atoms with Crippen LogP contribution >= 0.6 is 0 Å². The van der Waals surface area contributed by atoms with Gasteiger partial charge in [-0.3, -0.25) is 0 Å². The molecule has 29 N–H and O–H groups in total. The Hall–Kier alpha value is -2.08. The Labute approximate surface area is 705 Å². The van der Waals surface area contributed by atoms with E-state index in [4.69, 9.17) is 109 Å². The van der Waals surface area contributed by atoms with E-state index >= 15 is 0 Å². The molecule has 12 aliphatic rings. The first-order chi connectivity index (χ1) is 58.7. The van der Waals surface area contributed by atoms with Crippen LogP contribution in [0.5, 0.6) is 0 Å². The first-order valence-electron chi connectivity index (χ1n) is 41.0. The number of aliphatic hydroxyl groups is 29. The van der Waals surface area contributed by atoms with Gasteiger partial charge in [-0.05, 0) is 41.5 Å². The molecule has 12 fully saturated rings. The van der Waals surface area contributed by atoms with Crippen LogP contribution in [0, 0.1) is 0 Å². The van der Waals surface area contributed by atoms with Crippen molar-refractivity contribution in [3.8, 4) is 0 Å². The van der Waals surface area contributed by atoms with Gasteiger partial charge in [0.05, 0.1) is 94.6 Å². The third-order valence-electron chi connectivity index (χ3n) is 24.5. The van der Waals surface area contributed by atoms with Gasteiger partial charge in [0.1, 0.15) is 220 Å². The highest BCUT2D eigenvalue weighted by Gasteiger charge is 2.63. The average Bonchev–Trinajstić information content (AvgIpc) is 0.767. The highest BCUT2D eigenvalue weighted by atomic mass is 16.8. The number of rotatable bonds is 28.